The van der Waals surface area contributed by atoms with Gasteiger partial charge in [-0.2, -0.15) is 0 Å². The van der Waals surface area contributed by atoms with E-state index in [2.05, 4.69) is 34.7 Å². The van der Waals surface area contributed by atoms with E-state index in [9.17, 15) is 19.8 Å². The third-order valence-corrected chi connectivity index (χ3v) is 7.85. The minimum Gasteiger partial charge on any atom is -0.506 e. The van der Waals surface area contributed by atoms with Crippen LogP contribution in [0.15, 0.2) is 77.6 Å². The van der Waals surface area contributed by atoms with Gasteiger partial charge in [-0.1, -0.05) is 42.5 Å². The molecule has 2 atom stereocenters. The predicted molar refractivity (Wildman–Crippen MR) is 159 cm³/mol. The van der Waals surface area contributed by atoms with Crippen LogP contribution in [0, 0.1) is 0 Å². The Morgan fingerprint density at radius 2 is 1.93 bits per heavy atom. The molecule has 5 N–H and O–H groups in total. The van der Waals surface area contributed by atoms with Crippen molar-refractivity contribution >= 4 is 16.8 Å². The fourth-order valence-corrected chi connectivity index (χ4v) is 5.59. The molecule has 214 valence electrons. The number of phenols is 1. The van der Waals surface area contributed by atoms with Gasteiger partial charge in [0.2, 0.25) is 5.56 Å². The molecule has 1 amide bonds. The highest BCUT2D eigenvalue weighted by atomic mass is 16.5. The van der Waals surface area contributed by atoms with Crippen molar-refractivity contribution in [3.8, 4) is 5.75 Å². The van der Waals surface area contributed by atoms with Crippen LogP contribution in [0.3, 0.4) is 0 Å². The van der Waals surface area contributed by atoms with Gasteiger partial charge < -0.3 is 30.6 Å². The lowest BCUT2D eigenvalue weighted by Crippen LogP contribution is -2.41. The lowest BCUT2D eigenvalue weighted by atomic mass is 9.93. The summed E-state index contributed by atoms with van der Waals surface area (Å²) >= 11 is 0. The fraction of sp³-hybridized carbons (Fsp3) is 0.333. The van der Waals surface area contributed by atoms with E-state index in [1.165, 1.54) is 23.3 Å². The molecule has 8 heteroatoms. The molecular weight excluding hydrogens is 518 g/mol. The summed E-state index contributed by atoms with van der Waals surface area (Å²) in [4.78, 5) is 27.3. The Kier molecular flexibility index (Phi) is 8.83. The van der Waals surface area contributed by atoms with Crippen LogP contribution >= 0.6 is 0 Å². The number of aryl methyl sites for hydroxylation is 1. The molecule has 0 saturated carbocycles. The standard InChI is InChI=1S/C33H37N3O5/c1-33(16-15-23-8-2-3-10-27(23)33)36-32(40)24-9-6-7-22(19-24)21-41-18-5-4-17-34-20-29(38)25-11-13-28(37)31-26(25)12-14-30(39)35-31/h2-3,6-14,19,29,34,37-38H,4-5,15-18,20-21H2,1H3,(H,35,39)(H,36,40). The molecule has 0 spiro atoms. The second-order valence-corrected chi connectivity index (χ2v) is 10.9. The van der Waals surface area contributed by atoms with Gasteiger partial charge in [-0.25, -0.2) is 0 Å². The molecule has 0 radical (unpaired) electrons. The van der Waals surface area contributed by atoms with Gasteiger partial charge >= 0.3 is 0 Å². The number of unbranched alkanes of at least 4 members (excludes halogenated alkanes) is 1. The van der Waals surface area contributed by atoms with Gasteiger partial charge in [0.25, 0.3) is 5.91 Å². The number of aliphatic hydroxyl groups excluding tert-OH is 1. The van der Waals surface area contributed by atoms with Crippen LogP contribution < -0.4 is 16.2 Å². The number of nitrogens with one attached hydrogen (secondary N) is 3. The maximum absolute atomic E-state index is 13.1. The number of pyridine rings is 1. The van der Waals surface area contributed by atoms with Crippen LogP contribution in [-0.2, 0) is 23.3 Å². The summed E-state index contributed by atoms with van der Waals surface area (Å²) in [6.07, 6.45) is 2.80. The van der Waals surface area contributed by atoms with E-state index in [0.717, 1.165) is 31.2 Å². The minimum atomic E-state index is -0.782. The number of aliphatic hydroxyl groups is 1. The van der Waals surface area contributed by atoms with Crippen LogP contribution in [0.25, 0.3) is 10.9 Å². The number of carbonyl (C=O) groups is 1. The van der Waals surface area contributed by atoms with Crippen LogP contribution in [0.5, 0.6) is 5.75 Å². The lowest BCUT2D eigenvalue weighted by Gasteiger charge is -2.27. The Morgan fingerprint density at radius 3 is 2.80 bits per heavy atom. The van der Waals surface area contributed by atoms with Gasteiger partial charge in [0.15, 0.2) is 0 Å². The number of H-pyrrole nitrogens is 1. The summed E-state index contributed by atoms with van der Waals surface area (Å²) in [5.41, 5.74) is 4.39. The normalized spacial score (nSPS) is 16.9. The number of fused-ring (bicyclic) bond motifs is 2. The van der Waals surface area contributed by atoms with Gasteiger partial charge in [0.1, 0.15) is 5.75 Å². The van der Waals surface area contributed by atoms with Crippen molar-refractivity contribution in [2.45, 2.75) is 50.9 Å². The molecule has 4 aromatic rings. The average molecular weight is 556 g/mol. The first kappa shape index (κ1) is 28.5. The molecular formula is C33H37N3O5. The zero-order valence-corrected chi connectivity index (χ0v) is 23.3. The zero-order chi connectivity index (χ0) is 28.8. The van der Waals surface area contributed by atoms with E-state index in [1.54, 1.807) is 12.1 Å². The summed E-state index contributed by atoms with van der Waals surface area (Å²) in [5.74, 6) is -0.103. The third kappa shape index (κ3) is 6.68. The quantitative estimate of drug-likeness (QED) is 0.165. The Labute approximate surface area is 239 Å². The second-order valence-electron chi connectivity index (χ2n) is 10.9. The zero-order valence-electron chi connectivity index (χ0n) is 23.3. The number of rotatable bonds is 12. The smallest absolute Gasteiger partial charge is 0.251 e. The van der Waals surface area contributed by atoms with Gasteiger partial charge in [-0.05, 0) is 85.7 Å². The Morgan fingerprint density at radius 1 is 1.07 bits per heavy atom. The number of benzene rings is 3. The maximum Gasteiger partial charge on any atom is 0.251 e. The number of amides is 1. The van der Waals surface area contributed by atoms with Crippen molar-refractivity contribution < 1.29 is 19.7 Å². The molecule has 0 saturated heterocycles. The molecule has 2 unspecified atom stereocenters. The second kappa shape index (κ2) is 12.7. The maximum atomic E-state index is 13.1. The van der Waals surface area contributed by atoms with Crippen molar-refractivity contribution in [3.63, 3.8) is 0 Å². The highest BCUT2D eigenvalue weighted by molar-refractivity contribution is 5.95. The van der Waals surface area contributed by atoms with E-state index < -0.39 is 6.10 Å². The third-order valence-electron chi connectivity index (χ3n) is 7.85. The van der Waals surface area contributed by atoms with Crippen LogP contribution in [0.4, 0.5) is 0 Å². The van der Waals surface area contributed by atoms with Crippen molar-refractivity contribution in [3.05, 3.63) is 111 Å². The molecule has 1 aromatic heterocycles. The van der Waals surface area contributed by atoms with E-state index >= 15 is 0 Å². The first-order chi connectivity index (χ1) is 19.8. The molecule has 3 aromatic carbocycles. The predicted octanol–water partition coefficient (Wildman–Crippen LogP) is 4.45. The number of phenolic OH excluding ortho intramolecular Hbond substituents is 1. The molecule has 1 aliphatic carbocycles. The van der Waals surface area contributed by atoms with E-state index in [1.807, 2.05) is 36.4 Å². The molecule has 1 heterocycles. The largest absolute Gasteiger partial charge is 0.506 e. The SMILES string of the molecule is CC1(NC(=O)c2cccc(COCCCCNCC(O)c3ccc(O)c4[nH]c(=O)ccc34)c2)CCc2ccccc21. The summed E-state index contributed by atoms with van der Waals surface area (Å²) in [7, 11) is 0. The van der Waals surface area contributed by atoms with Gasteiger partial charge in [0, 0.05) is 30.2 Å². The van der Waals surface area contributed by atoms with Crippen LogP contribution in [0.2, 0.25) is 0 Å². The number of hydrogen-bond acceptors (Lipinski definition) is 6. The molecule has 0 aliphatic heterocycles. The van der Waals surface area contributed by atoms with E-state index in [4.69, 9.17) is 4.74 Å². The molecule has 1 aliphatic rings. The topological polar surface area (TPSA) is 124 Å². The van der Waals surface area contributed by atoms with Crippen molar-refractivity contribution in [1.82, 2.24) is 15.6 Å². The Balaban J connectivity index is 1.02. The van der Waals surface area contributed by atoms with Crippen molar-refractivity contribution in [2.75, 3.05) is 19.7 Å². The summed E-state index contributed by atoms with van der Waals surface area (Å²) in [6.45, 7) is 4.18. The molecule has 8 nitrogen and oxygen atoms in total. The Hall–Kier alpha value is -3.98. The van der Waals surface area contributed by atoms with Crippen molar-refractivity contribution in [1.29, 1.82) is 0 Å². The van der Waals surface area contributed by atoms with Crippen LogP contribution in [-0.4, -0.2) is 40.8 Å². The number of aromatic amines is 1. The molecule has 0 fully saturated rings. The molecule has 41 heavy (non-hydrogen) atoms. The van der Waals surface area contributed by atoms with Crippen LogP contribution in [0.1, 0.15) is 64.9 Å². The summed E-state index contributed by atoms with van der Waals surface area (Å²) in [5, 5.41) is 27.8. The van der Waals surface area contributed by atoms with E-state index in [0.29, 0.717) is 48.3 Å². The van der Waals surface area contributed by atoms with E-state index in [-0.39, 0.29) is 22.8 Å². The number of aromatic hydroxyl groups is 1. The van der Waals surface area contributed by atoms with Gasteiger partial charge in [0.05, 0.1) is 23.8 Å². The monoisotopic (exact) mass is 555 g/mol. The van der Waals surface area contributed by atoms with Gasteiger partial charge in [-0.3, -0.25) is 9.59 Å². The summed E-state index contributed by atoms with van der Waals surface area (Å²) < 4.78 is 5.86. The van der Waals surface area contributed by atoms with Gasteiger partial charge in [-0.15, -0.1) is 0 Å². The minimum absolute atomic E-state index is 0.0267. The highest BCUT2D eigenvalue weighted by Gasteiger charge is 2.35. The Bertz CT molecular complexity index is 1580. The summed E-state index contributed by atoms with van der Waals surface area (Å²) in [6, 6.07) is 22.0. The first-order valence-corrected chi connectivity index (χ1v) is 14.2. The van der Waals surface area contributed by atoms with Crippen molar-refractivity contribution in [2.24, 2.45) is 0 Å². The fourth-order valence-electron chi connectivity index (χ4n) is 5.59. The molecule has 5 rings (SSSR count). The molecule has 0 bridgehead atoms. The average Bonchev–Trinajstić information content (AvgIpc) is 3.31. The number of ether oxygens (including phenoxy) is 1. The number of aromatic nitrogens is 1. The number of hydrogen-bond donors (Lipinski definition) is 5. The lowest BCUT2D eigenvalue weighted by molar-refractivity contribution is 0.0904. The number of carbonyl (C=O) groups excluding carboxylic acids is 1. The first-order valence-electron chi connectivity index (χ1n) is 14.2. The highest BCUT2D eigenvalue weighted by Crippen LogP contribution is 2.36.